The Morgan fingerprint density at radius 2 is 1.82 bits per heavy atom. The van der Waals surface area contributed by atoms with Crippen LogP contribution in [-0.2, 0) is 6.18 Å². The molecule has 1 atom stereocenters. The molecule has 1 aromatic carbocycles. The highest BCUT2D eigenvalue weighted by atomic mass is 19.4. The topological polar surface area (TPSA) is 63.6 Å². The Morgan fingerprint density at radius 3 is 2.36 bits per heavy atom. The molecule has 28 heavy (non-hydrogen) atoms. The van der Waals surface area contributed by atoms with Crippen LogP contribution < -0.4 is 5.56 Å². The molecule has 1 aliphatic rings. The first-order valence-corrected chi connectivity index (χ1v) is 8.64. The lowest BCUT2D eigenvalue weighted by atomic mass is 10.1. The van der Waals surface area contributed by atoms with Gasteiger partial charge in [0.2, 0.25) is 0 Å². The van der Waals surface area contributed by atoms with Crippen molar-refractivity contribution < 1.29 is 22.0 Å². The molecule has 0 amide bonds. The molecule has 3 aromatic rings. The van der Waals surface area contributed by atoms with Gasteiger partial charge in [-0.3, -0.25) is 4.79 Å². The number of nitrogens with zero attached hydrogens (tertiary/aromatic N) is 3. The second-order valence-corrected chi connectivity index (χ2v) is 6.85. The van der Waals surface area contributed by atoms with Gasteiger partial charge in [-0.25, -0.2) is 18.4 Å². The Morgan fingerprint density at radius 1 is 1.18 bits per heavy atom. The number of nitrogens with one attached hydrogen (secondary N) is 1. The van der Waals surface area contributed by atoms with E-state index in [0.29, 0.717) is 11.4 Å². The zero-order chi connectivity index (χ0) is 20.2. The summed E-state index contributed by atoms with van der Waals surface area (Å²) in [6, 6.07) is 3.66. The molecule has 0 unspecified atom stereocenters. The number of hydrogen-bond donors (Lipinski definition) is 1. The van der Waals surface area contributed by atoms with Crippen LogP contribution in [0.2, 0.25) is 0 Å². The molecule has 4 rings (SSSR count). The van der Waals surface area contributed by atoms with Crippen LogP contribution in [0.1, 0.15) is 60.8 Å². The fourth-order valence-corrected chi connectivity index (χ4v) is 3.15. The third-order valence-corrected chi connectivity index (χ3v) is 4.87. The number of alkyl halides is 5. The Balaban J connectivity index is 1.84. The Kier molecular flexibility index (Phi) is 4.24. The molecule has 1 fully saturated rings. The Bertz CT molecular complexity index is 1080. The van der Waals surface area contributed by atoms with Crippen molar-refractivity contribution in [1.82, 2.24) is 19.7 Å². The summed E-state index contributed by atoms with van der Waals surface area (Å²) in [5, 5.41) is 3.59. The Hall–Kier alpha value is -2.78. The van der Waals surface area contributed by atoms with Gasteiger partial charge in [0.05, 0.1) is 11.6 Å². The fourth-order valence-electron chi connectivity index (χ4n) is 3.15. The van der Waals surface area contributed by atoms with Gasteiger partial charge >= 0.3 is 6.18 Å². The SMILES string of the molecule is C[C@H](c1ccc(C(F)(F)F)cc1)n1nc(C(F)F)c2c(=O)[nH]c(C3CC3)nc21. The van der Waals surface area contributed by atoms with E-state index >= 15 is 0 Å². The minimum atomic E-state index is -4.48. The van der Waals surface area contributed by atoms with Gasteiger partial charge < -0.3 is 4.98 Å². The average Bonchev–Trinajstić information content (AvgIpc) is 3.41. The highest BCUT2D eigenvalue weighted by molar-refractivity contribution is 5.78. The minimum absolute atomic E-state index is 0.00773. The number of H-pyrrole nitrogens is 1. The van der Waals surface area contributed by atoms with E-state index in [1.54, 1.807) is 6.92 Å². The van der Waals surface area contributed by atoms with Crippen LogP contribution in [0, 0.1) is 0 Å². The van der Waals surface area contributed by atoms with Crippen molar-refractivity contribution in [3.05, 3.63) is 57.3 Å². The smallest absolute Gasteiger partial charge is 0.310 e. The number of hydrogen-bond acceptors (Lipinski definition) is 3. The molecule has 0 saturated heterocycles. The number of fused-ring (bicyclic) bond motifs is 1. The second kappa shape index (κ2) is 6.39. The molecular weight excluding hydrogens is 383 g/mol. The highest BCUT2D eigenvalue weighted by Gasteiger charge is 2.32. The van der Waals surface area contributed by atoms with Crippen molar-refractivity contribution in [2.24, 2.45) is 0 Å². The van der Waals surface area contributed by atoms with Crippen LogP contribution in [0.3, 0.4) is 0 Å². The summed E-state index contributed by atoms with van der Waals surface area (Å²) < 4.78 is 66.3. The molecule has 0 aliphatic heterocycles. The van der Waals surface area contributed by atoms with Crippen molar-refractivity contribution in [3.63, 3.8) is 0 Å². The van der Waals surface area contributed by atoms with Crippen LogP contribution in [0.15, 0.2) is 29.1 Å². The fraction of sp³-hybridized carbons (Fsp3) is 0.389. The van der Waals surface area contributed by atoms with Gasteiger partial charge in [0.25, 0.3) is 12.0 Å². The maximum Gasteiger partial charge on any atom is 0.416 e. The highest BCUT2D eigenvalue weighted by Crippen LogP contribution is 2.38. The van der Waals surface area contributed by atoms with Crippen LogP contribution in [0.5, 0.6) is 0 Å². The predicted octanol–water partition coefficient (Wildman–Crippen LogP) is 4.56. The molecule has 0 radical (unpaired) electrons. The van der Waals surface area contributed by atoms with Crippen LogP contribution in [0.4, 0.5) is 22.0 Å². The van der Waals surface area contributed by atoms with E-state index in [-0.39, 0.29) is 17.0 Å². The van der Waals surface area contributed by atoms with Gasteiger partial charge in [0, 0.05) is 5.92 Å². The molecule has 148 valence electrons. The normalized spacial score (nSPS) is 16.1. The molecule has 0 bridgehead atoms. The zero-order valence-electron chi connectivity index (χ0n) is 14.6. The van der Waals surface area contributed by atoms with Crippen molar-refractivity contribution in [2.75, 3.05) is 0 Å². The lowest BCUT2D eigenvalue weighted by Crippen LogP contribution is -2.14. The number of halogens is 5. The van der Waals surface area contributed by atoms with E-state index < -0.39 is 35.5 Å². The van der Waals surface area contributed by atoms with Gasteiger partial charge in [-0.2, -0.15) is 18.3 Å². The van der Waals surface area contributed by atoms with Gasteiger partial charge in [0.15, 0.2) is 5.65 Å². The Labute approximate surface area is 155 Å². The molecule has 10 heteroatoms. The minimum Gasteiger partial charge on any atom is -0.310 e. The summed E-state index contributed by atoms with van der Waals surface area (Å²) in [7, 11) is 0. The summed E-state index contributed by atoms with van der Waals surface area (Å²) in [4.78, 5) is 19.3. The molecule has 0 spiro atoms. The van der Waals surface area contributed by atoms with E-state index in [1.807, 2.05) is 0 Å². The van der Waals surface area contributed by atoms with Crippen molar-refractivity contribution >= 4 is 11.0 Å². The van der Waals surface area contributed by atoms with E-state index in [1.165, 1.54) is 16.8 Å². The summed E-state index contributed by atoms with van der Waals surface area (Å²) >= 11 is 0. The third kappa shape index (κ3) is 3.16. The van der Waals surface area contributed by atoms with E-state index in [4.69, 9.17) is 0 Å². The quantitative estimate of drug-likeness (QED) is 0.656. The van der Waals surface area contributed by atoms with E-state index in [0.717, 1.165) is 25.0 Å². The molecule has 5 nitrogen and oxygen atoms in total. The molecule has 1 N–H and O–H groups in total. The van der Waals surface area contributed by atoms with Gasteiger partial charge in [0.1, 0.15) is 16.9 Å². The van der Waals surface area contributed by atoms with Gasteiger partial charge in [-0.05, 0) is 37.5 Å². The molecule has 1 saturated carbocycles. The lowest BCUT2D eigenvalue weighted by Gasteiger charge is -2.15. The summed E-state index contributed by atoms with van der Waals surface area (Å²) in [6.45, 7) is 1.60. The maximum absolute atomic E-state index is 13.4. The second-order valence-electron chi connectivity index (χ2n) is 6.85. The summed E-state index contributed by atoms with van der Waals surface area (Å²) in [5.74, 6) is 0.496. The first-order valence-electron chi connectivity index (χ1n) is 8.64. The van der Waals surface area contributed by atoms with E-state index in [2.05, 4.69) is 15.1 Å². The van der Waals surface area contributed by atoms with Crippen LogP contribution >= 0.6 is 0 Å². The third-order valence-electron chi connectivity index (χ3n) is 4.87. The number of aromatic nitrogens is 4. The molecule has 2 heterocycles. The number of rotatable bonds is 4. The van der Waals surface area contributed by atoms with Gasteiger partial charge in [-0.1, -0.05) is 12.1 Å². The van der Waals surface area contributed by atoms with Gasteiger partial charge in [-0.15, -0.1) is 0 Å². The first-order chi connectivity index (χ1) is 13.2. The number of benzene rings is 1. The van der Waals surface area contributed by atoms with Crippen LogP contribution in [0.25, 0.3) is 11.0 Å². The predicted molar refractivity (Wildman–Crippen MR) is 90.3 cm³/mol. The maximum atomic E-state index is 13.4. The first kappa shape index (κ1) is 18.6. The van der Waals surface area contributed by atoms with Crippen LogP contribution in [-0.4, -0.2) is 19.7 Å². The monoisotopic (exact) mass is 398 g/mol. The molecule has 1 aliphatic carbocycles. The molecular formula is C18H15F5N4O. The molecule has 2 aromatic heterocycles. The average molecular weight is 398 g/mol. The van der Waals surface area contributed by atoms with Crippen molar-refractivity contribution in [1.29, 1.82) is 0 Å². The number of aromatic amines is 1. The largest absolute Gasteiger partial charge is 0.416 e. The standard InChI is InChI=1S/C18H15F5N4O/c1-8(9-4-6-11(7-5-9)18(21,22)23)27-16-12(13(26-27)14(19)20)17(28)25-15(24-16)10-2-3-10/h4-8,10,14H,2-3H2,1H3,(H,24,25,28)/t8-/m1/s1. The van der Waals surface area contributed by atoms with Crippen molar-refractivity contribution in [2.45, 2.75) is 44.3 Å². The summed E-state index contributed by atoms with van der Waals surface area (Å²) in [6.07, 6.45) is -5.77. The van der Waals surface area contributed by atoms with E-state index in [9.17, 15) is 26.7 Å². The lowest BCUT2D eigenvalue weighted by molar-refractivity contribution is -0.137. The summed E-state index contributed by atoms with van der Waals surface area (Å²) in [5.41, 5.74) is -1.76. The zero-order valence-corrected chi connectivity index (χ0v) is 14.6. The van der Waals surface area contributed by atoms with Crippen molar-refractivity contribution in [3.8, 4) is 0 Å².